The Kier molecular flexibility index (Phi) is 2.33. The smallest absolute Gasteiger partial charge is 0.0600 e. The summed E-state index contributed by atoms with van der Waals surface area (Å²) in [6, 6.07) is 8.76. The van der Waals surface area contributed by atoms with Crippen LogP contribution in [0.1, 0.15) is 18.1 Å². The topological polar surface area (TPSA) is 35.2 Å². The van der Waals surface area contributed by atoms with Gasteiger partial charge in [0.1, 0.15) is 0 Å². The number of hydrogen-bond acceptors (Lipinski definition) is 2. The molecule has 2 heteroatoms. The van der Waals surface area contributed by atoms with Crippen LogP contribution in [0.3, 0.4) is 0 Å². The highest BCUT2D eigenvalue weighted by atomic mass is 16.5. The monoisotopic (exact) mass is 191 g/mol. The first kappa shape index (κ1) is 9.69. The number of nitrogens with two attached hydrogens (primary N) is 1. The van der Waals surface area contributed by atoms with Crippen LogP contribution in [-0.4, -0.2) is 19.3 Å². The average molecular weight is 191 g/mol. The molecule has 1 aliphatic heterocycles. The van der Waals surface area contributed by atoms with E-state index in [2.05, 4.69) is 38.1 Å². The molecule has 1 fully saturated rings. The molecule has 0 amide bonds. The molecule has 76 valence electrons. The van der Waals surface area contributed by atoms with E-state index in [0.29, 0.717) is 0 Å². The summed E-state index contributed by atoms with van der Waals surface area (Å²) in [7, 11) is 0. The van der Waals surface area contributed by atoms with Crippen molar-refractivity contribution in [3.05, 3.63) is 35.4 Å². The van der Waals surface area contributed by atoms with Crippen LogP contribution in [0.5, 0.6) is 0 Å². The summed E-state index contributed by atoms with van der Waals surface area (Å²) in [4.78, 5) is 0. The van der Waals surface area contributed by atoms with Gasteiger partial charge in [-0.2, -0.15) is 0 Å². The van der Waals surface area contributed by atoms with Gasteiger partial charge < -0.3 is 10.5 Å². The highest BCUT2D eigenvalue weighted by Gasteiger charge is 2.43. The summed E-state index contributed by atoms with van der Waals surface area (Å²) in [6.45, 7) is 5.67. The van der Waals surface area contributed by atoms with Gasteiger partial charge in [-0.25, -0.2) is 0 Å². The van der Waals surface area contributed by atoms with Gasteiger partial charge in [0, 0.05) is 6.04 Å². The summed E-state index contributed by atoms with van der Waals surface area (Å²) in [5.41, 5.74) is 8.68. The van der Waals surface area contributed by atoms with E-state index in [0.717, 1.165) is 13.2 Å². The predicted octanol–water partition coefficient (Wildman–Crippen LogP) is 1.61. The Bertz CT molecular complexity index is 312. The molecular weight excluding hydrogens is 174 g/mol. The molecule has 1 aliphatic rings. The van der Waals surface area contributed by atoms with Gasteiger partial charge >= 0.3 is 0 Å². The molecule has 2 N–H and O–H groups in total. The van der Waals surface area contributed by atoms with Gasteiger partial charge in [0.25, 0.3) is 0 Å². The molecule has 0 bridgehead atoms. The summed E-state index contributed by atoms with van der Waals surface area (Å²) in [5.74, 6) is 0. The van der Waals surface area contributed by atoms with Gasteiger partial charge in [0.2, 0.25) is 0 Å². The van der Waals surface area contributed by atoms with Crippen molar-refractivity contribution in [3.8, 4) is 0 Å². The lowest BCUT2D eigenvalue weighted by Crippen LogP contribution is -2.57. The second-order valence-corrected chi connectivity index (χ2v) is 4.30. The molecule has 0 aliphatic carbocycles. The Morgan fingerprint density at radius 1 is 1.29 bits per heavy atom. The molecule has 2 nitrogen and oxygen atoms in total. The molecule has 1 aromatic rings. The maximum atomic E-state index is 6.02. The summed E-state index contributed by atoms with van der Waals surface area (Å²) in [5, 5.41) is 0. The van der Waals surface area contributed by atoms with Gasteiger partial charge in [0.05, 0.1) is 18.6 Å². The zero-order chi connectivity index (χ0) is 10.2. The Labute approximate surface area is 85.1 Å². The van der Waals surface area contributed by atoms with E-state index >= 15 is 0 Å². The van der Waals surface area contributed by atoms with Crippen molar-refractivity contribution in [2.75, 3.05) is 13.2 Å². The van der Waals surface area contributed by atoms with E-state index in [1.54, 1.807) is 0 Å². The van der Waals surface area contributed by atoms with Crippen molar-refractivity contribution in [2.45, 2.75) is 25.3 Å². The van der Waals surface area contributed by atoms with Gasteiger partial charge in [0.15, 0.2) is 0 Å². The fourth-order valence-electron chi connectivity index (χ4n) is 1.90. The standard InChI is InChI=1S/C12H17NO/c1-9-3-5-11(6-4-9)12(10(2)13)7-14-8-12/h3-6,10H,7-8,13H2,1-2H3. The quantitative estimate of drug-likeness (QED) is 0.770. The fraction of sp³-hybridized carbons (Fsp3) is 0.500. The van der Waals surface area contributed by atoms with E-state index in [1.807, 2.05) is 0 Å². The lowest BCUT2D eigenvalue weighted by Gasteiger charge is -2.45. The minimum absolute atomic E-state index is 0.0632. The first-order chi connectivity index (χ1) is 6.65. The third kappa shape index (κ3) is 1.35. The van der Waals surface area contributed by atoms with Gasteiger partial charge in [-0.15, -0.1) is 0 Å². The van der Waals surface area contributed by atoms with Crippen LogP contribution >= 0.6 is 0 Å². The summed E-state index contributed by atoms with van der Waals surface area (Å²) >= 11 is 0. The van der Waals surface area contributed by atoms with E-state index in [-0.39, 0.29) is 11.5 Å². The maximum absolute atomic E-state index is 6.02. The number of ether oxygens (including phenoxy) is 1. The SMILES string of the molecule is Cc1ccc(C2(C(C)N)COC2)cc1. The maximum Gasteiger partial charge on any atom is 0.0600 e. The Morgan fingerprint density at radius 3 is 2.21 bits per heavy atom. The average Bonchev–Trinajstić information content (AvgIpc) is 2.05. The first-order valence-electron chi connectivity index (χ1n) is 5.06. The third-order valence-corrected chi connectivity index (χ3v) is 3.22. The predicted molar refractivity (Wildman–Crippen MR) is 57.3 cm³/mol. The van der Waals surface area contributed by atoms with E-state index in [1.165, 1.54) is 11.1 Å². The second kappa shape index (κ2) is 3.37. The molecule has 1 aromatic carbocycles. The minimum atomic E-state index is 0.0632. The molecule has 0 saturated carbocycles. The molecule has 1 saturated heterocycles. The molecule has 1 atom stereocenters. The largest absolute Gasteiger partial charge is 0.379 e. The second-order valence-electron chi connectivity index (χ2n) is 4.30. The van der Waals surface area contributed by atoms with Crippen LogP contribution in [0.4, 0.5) is 0 Å². The highest BCUT2D eigenvalue weighted by Crippen LogP contribution is 2.34. The molecule has 1 heterocycles. The van der Waals surface area contributed by atoms with Gasteiger partial charge in [-0.3, -0.25) is 0 Å². The van der Waals surface area contributed by atoms with Crippen LogP contribution in [0.15, 0.2) is 24.3 Å². The Hall–Kier alpha value is -0.860. The molecular formula is C12H17NO. The normalized spacial score (nSPS) is 21.4. The zero-order valence-corrected chi connectivity index (χ0v) is 8.79. The van der Waals surface area contributed by atoms with Crippen LogP contribution in [0.2, 0.25) is 0 Å². The van der Waals surface area contributed by atoms with Crippen molar-refractivity contribution in [2.24, 2.45) is 5.73 Å². The molecule has 0 spiro atoms. The van der Waals surface area contributed by atoms with Crippen molar-refractivity contribution in [3.63, 3.8) is 0 Å². The summed E-state index contributed by atoms with van der Waals surface area (Å²) < 4.78 is 5.30. The van der Waals surface area contributed by atoms with Crippen LogP contribution in [0.25, 0.3) is 0 Å². The van der Waals surface area contributed by atoms with Crippen LogP contribution < -0.4 is 5.73 Å². The highest BCUT2D eigenvalue weighted by molar-refractivity contribution is 5.32. The Balaban J connectivity index is 2.32. The number of hydrogen-bond donors (Lipinski definition) is 1. The zero-order valence-electron chi connectivity index (χ0n) is 8.79. The number of aryl methyl sites for hydroxylation is 1. The lowest BCUT2D eigenvalue weighted by atomic mass is 9.73. The fourth-order valence-corrected chi connectivity index (χ4v) is 1.90. The van der Waals surface area contributed by atoms with Crippen molar-refractivity contribution < 1.29 is 4.74 Å². The molecule has 2 rings (SSSR count). The van der Waals surface area contributed by atoms with Crippen LogP contribution in [-0.2, 0) is 10.2 Å². The van der Waals surface area contributed by atoms with Crippen molar-refractivity contribution >= 4 is 0 Å². The van der Waals surface area contributed by atoms with E-state index in [4.69, 9.17) is 10.5 Å². The molecule has 0 aromatic heterocycles. The van der Waals surface area contributed by atoms with E-state index < -0.39 is 0 Å². The minimum Gasteiger partial charge on any atom is -0.379 e. The van der Waals surface area contributed by atoms with Crippen molar-refractivity contribution in [1.29, 1.82) is 0 Å². The number of benzene rings is 1. The molecule has 14 heavy (non-hydrogen) atoms. The number of rotatable bonds is 2. The molecule has 1 unspecified atom stereocenters. The lowest BCUT2D eigenvalue weighted by molar-refractivity contribution is -0.0701. The van der Waals surface area contributed by atoms with Gasteiger partial charge in [-0.05, 0) is 19.4 Å². The Morgan fingerprint density at radius 2 is 1.86 bits per heavy atom. The third-order valence-electron chi connectivity index (χ3n) is 3.22. The summed E-state index contributed by atoms with van der Waals surface area (Å²) in [6.07, 6.45) is 0. The van der Waals surface area contributed by atoms with Crippen molar-refractivity contribution in [1.82, 2.24) is 0 Å². The van der Waals surface area contributed by atoms with Crippen LogP contribution in [0, 0.1) is 6.92 Å². The first-order valence-corrected chi connectivity index (χ1v) is 5.06. The van der Waals surface area contributed by atoms with Gasteiger partial charge in [-0.1, -0.05) is 29.8 Å². The van der Waals surface area contributed by atoms with E-state index in [9.17, 15) is 0 Å². The molecule has 0 radical (unpaired) electrons.